The topological polar surface area (TPSA) is 65.6 Å². The van der Waals surface area contributed by atoms with Gasteiger partial charge >= 0.3 is 0 Å². The predicted octanol–water partition coefficient (Wildman–Crippen LogP) is 2.82. The molecule has 25 heavy (non-hydrogen) atoms. The van der Waals surface area contributed by atoms with Crippen LogP contribution < -0.4 is 0 Å². The van der Waals surface area contributed by atoms with Crippen LogP contribution in [-0.4, -0.2) is 47.2 Å². The molecule has 0 aliphatic rings. The number of aromatic amines is 1. The van der Waals surface area contributed by atoms with Gasteiger partial charge < -0.3 is 19.7 Å². The first-order chi connectivity index (χ1) is 12.1. The van der Waals surface area contributed by atoms with E-state index in [4.69, 9.17) is 4.74 Å². The van der Waals surface area contributed by atoms with Gasteiger partial charge in [-0.05, 0) is 17.7 Å². The number of ether oxygens (including phenoxy) is 1. The lowest BCUT2D eigenvalue weighted by Gasteiger charge is -2.20. The number of para-hydroxylation sites is 1. The summed E-state index contributed by atoms with van der Waals surface area (Å²) in [5.74, 6) is -0.154. The highest BCUT2D eigenvalue weighted by Gasteiger charge is 2.17. The molecule has 1 unspecified atom stereocenters. The molecule has 0 spiro atoms. The number of nitrogens with one attached hydrogen (secondary N) is 1. The van der Waals surface area contributed by atoms with Gasteiger partial charge in [0.1, 0.15) is 5.69 Å². The molecule has 3 aromatic rings. The molecule has 1 amide bonds. The van der Waals surface area contributed by atoms with Crippen molar-refractivity contribution < 1.29 is 14.6 Å². The summed E-state index contributed by atoms with van der Waals surface area (Å²) in [6.45, 7) is 0.833. The average molecular weight is 338 g/mol. The average Bonchev–Trinajstić information content (AvgIpc) is 3.06. The van der Waals surface area contributed by atoms with Crippen LogP contribution in [0, 0.1) is 0 Å². The minimum atomic E-state index is -0.734. The van der Waals surface area contributed by atoms with Gasteiger partial charge in [-0.3, -0.25) is 4.79 Å². The lowest BCUT2D eigenvalue weighted by Crippen LogP contribution is -2.36. The molecule has 5 nitrogen and oxygen atoms in total. The summed E-state index contributed by atoms with van der Waals surface area (Å²) < 4.78 is 5.52. The maximum absolute atomic E-state index is 12.5. The van der Waals surface area contributed by atoms with Crippen LogP contribution in [0.1, 0.15) is 16.1 Å². The second-order valence-corrected chi connectivity index (χ2v) is 6.11. The van der Waals surface area contributed by atoms with Crippen LogP contribution >= 0.6 is 0 Å². The van der Waals surface area contributed by atoms with Gasteiger partial charge in [0.2, 0.25) is 0 Å². The van der Waals surface area contributed by atoms with Crippen LogP contribution in [0.2, 0.25) is 0 Å². The summed E-state index contributed by atoms with van der Waals surface area (Å²) in [5, 5.41) is 11.1. The maximum Gasteiger partial charge on any atom is 0.270 e. The van der Waals surface area contributed by atoms with Crippen LogP contribution in [0.5, 0.6) is 0 Å². The molecule has 1 heterocycles. The highest BCUT2D eigenvalue weighted by Crippen LogP contribution is 2.15. The van der Waals surface area contributed by atoms with E-state index in [1.165, 1.54) is 4.90 Å². The molecule has 1 atom stereocenters. The standard InChI is InChI=1S/C20H22N2O3/c1-22(12-17(23)14-25-13-15-7-3-2-4-8-15)20(24)19-11-16-9-5-6-10-18(16)21-19/h2-11,17,21,23H,12-14H2,1H3. The number of aliphatic hydroxyl groups is 1. The molecule has 1 aromatic heterocycles. The number of amides is 1. The first-order valence-electron chi connectivity index (χ1n) is 8.26. The molecule has 2 N–H and O–H groups in total. The van der Waals surface area contributed by atoms with Crippen molar-refractivity contribution >= 4 is 16.8 Å². The summed E-state index contributed by atoms with van der Waals surface area (Å²) in [5.41, 5.74) is 2.49. The fourth-order valence-corrected chi connectivity index (χ4v) is 2.73. The number of hydrogen-bond donors (Lipinski definition) is 2. The van der Waals surface area contributed by atoms with E-state index in [1.807, 2.05) is 60.7 Å². The Balaban J connectivity index is 1.50. The first kappa shape index (κ1) is 17.2. The molecule has 2 aromatic carbocycles. The van der Waals surface area contributed by atoms with E-state index in [0.29, 0.717) is 12.3 Å². The first-order valence-corrected chi connectivity index (χ1v) is 8.26. The number of likely N-dealkylation sites (N-methyl/N-ethyl adjacent to an activating group) is 1. The van der Waals surface area contributed by atoms with Gasteiger partial charge in [0.15, 0.2) is 0 Å². The zero-order chi connectivity index (χ0) is 17.6. The lowest BCUT2D eigenvalue weighted by atomic mass is 10.2. The van der Waals surface area contributed by atoms with Gasteiger partial charge in [0.25, 0.3) is 5.91 Å². The molecular formula is C20H22N2O3. The Labute approximate surface area is 146 Å². The number of aliphatic hydroxyl groups excluding tert-OH is 1. The van der Waals surface area contributed by atoms with E-state index >= 15 is 0 Å². The molecule has 0 radical (unpaired) electrons. The smallest absolute Gasteiger partial charge is 0.270 e. The summed E-state index contributed by atoms with van der Waals surface area (Å²) in [6, 6.07) is 19.3. The van der Waals surface area contributed by atoms with E-state index in [-0.39, 0.29) is 19.1 Å². The van der Waals surface area contributed by atoms with Crippen molar-refractivity contribution in [3.63, 3.8) is 0 Å². The normalized spacial score (nSPS) is 12.2. The van der Waals surface area contributed by atoms with Crippen molar-refractivity contribution in [1.82, 2.24) is 9.88 Å². The van der Waals surface area contributed by atoms with Crippen molar-refractivity contribution in [2.75, 3.05) is 20.2 Å². The van der Waals surface area contributed by atoms with Gasteiger partial charge in [-0.25, -0.2) is 0 Å². The lowest BCUT2D eigenvalue weighted by molar-refractivity contribution is 0.0136. The number of fused-ring (bicyclic) bond motifs is 1. The van der Waals surface area contributed by atoms with Crippen molar-refractivity contribution in [1.29, 1.82) is 0 Å². The van der Waals surface area contributed by atoms with Crippen LogP contribution in [0.25, 0.3) is 10.9 Å². The van der Waals surface area contributed by atoms with Gasteiger partial charge in [-0.1, -0.05) is 48.5 Å². The summed E-state index contributed by atoms with van der Waals surface area (Å²) in [4.78, 5) is 17.1. The molecule has 0 bridgehead atoms. The molecule has 5 heteroatoms. The van der Waals surface area contributed by atoms with Crippen LogP contribution in [-0.2, 0) is 11.3 Å². The van der Waals surface area contributed by atoms with E-state index in [9.17, 15) is 9.90 Å². The van der Waals surface area contributed by atoms with Gasteiger partial charge in [-0.15, -0.1) is 0 Å². The van der Waals surface area contributed by atoms with Crippen molar-refractivity contribution in [2.24, 2.45) is 0 Å². The minimum Gasteiger partial charge on any atom is -0.389 e. The third-order valence-corrected chi connectivity index (χ3v) is 4.01. The quantitative estimate of drug-likeness (QED) is 0.696. The number of carbonyl (C=O) groups is 1. The van der Waals surface area contributed by atoms with Crippen LogP contribution in [0.4, 0.5) is 0 Å². The highest BCUT2D eigenvalue weighted by molar-refractivity contribution is 5.97. The third kappa shape index (κ3) is 4.47. The van der Waals surface area contributed by atoms with Crippen molar-refractivity contribution in [3.05, 3.63) is 71.9 Å². The third-order valence-electron chi connectivity index (χ3n) is 4.01. The van der Waals surface area contributed by atoms with Crippen LogP contribution in [0.15, 0.2) is 60.7 Å². The molecule has 0 saturated heterocycles. The minimum absolute atomic E-state index is 0.154. The molecule has 0 fully saturated rings. The number of aromatic nitrogens is 1. The van der Waals surface area contributed by atoms with Gasteiger partial charge in [0.05, 0.1) is 19.3 Å². The molecular weight excluding hydrogens is 316 g/mol. The number of hydrogen-bond acceptors (Lipinski definition) is 3. The number of H-pyrrole nitrogens is 1. The Bertz CT molecular complexity index is 796. The zero-order valence-electron chi connectivity index (χ0n) is 14.2. The van der Waals surface area contributed by atoms with Crippen molar-refractivity contribution in [2.45, 2.75) is 12.7 Å². The van der Waals surface area contributed by atoms with Gasteiger partial charge in [0, 0.05) is 24.5 Å². The maximum atomic E-state index is 12.5. The fraction of sp³-hybridized carbons (Fsp3) is 0.250. The van der Waals surface area contributed by atoms with Gasteiger partial charge in [-0.2, -0.15) is 0 Å². The molecule has 130 valence electrons. The monoisotopic (exact) mass is 338 g/mol. The Hall–Kier alpha value is -2.63. The number of nitrogens with zero attached hydrogens (tertiary/aromatic N) is 1. The Morgan fingerprint density at radius 2 is 1.88 bits per heavy atom. The number of benzene rings is 2. The zero-order valence-corrected chi connectivity index (χ0v) is 14.2. The molecule has 3 rings (SSSR count). The Morgan fingerprint density at radius 1 is 1.16 bits per heavy atom. The summed E-state index contributed by atoms with van der Waals surface area (Å²) >= 11 is 0. The highest BCUT2D eigenvalue weighted by atomic mass is 16.5. The molecule has 0 aliphatic carbocycles. The second kappa shape index (κ2) is 7.96. The predicted molar refractivity (Wildman–Crippen MR) is 97.4 cm³/mol. The van der Waals surface area contributed by atoms with E-state index in [1.54, 1.807) is 7.05 Å². The Kier molecular flexibility index (Phi) is 5.48. The SMILES string of the molecule is CN(CC(O)COCc1ccccc1)C(=O)c1cc2ccccc2[nH]1. The molecule has 0 aliphatic heterocycles. The summed E-state index contributed by atoms with van der Waals surface area (Å²) in [6.07, 6.45) is -0.734. The largest absolute Gasteiger partial charge is 0.389 e. The Morgan fingerprint density at radius 3 is 2.64 bits per heavy atom. The second-order valence-electron chi connectivity index (χ2n) is 6.11. The van der Waals surface area contributed by atoms with E-state index < -0.39 is 6.10 Å². The van der Waals surface area contributed by atoms with E-state index in [2.05, 4.69) is 4.98 Å². The summed E-state index contributed by atoms with van der Waals surface area (Å²) in [7, 11) is 1.67. The fourth-order valence-electron chi connectivity index (χ4n) is 2.73. The van der Waals surface area contributed by atoms with Crippen molar-refractivity contribution in [3.8, 4) is 0 Å². The van der Waals surface area contributed by atoms with E-state index in [0.717, 1.165) is 16.5 Å². The van der Waals surface area contributed by atoms with Crippen LogP contribution in [0.3, 0.4) is 0 Å². The number of rotatable bonds is 7. The number of carbonyl (C=O) groups excluding carboxylic acids is 1. The molecule has 0 saturated carbocycles.